The number of nitrogens with one attached hydrogen (secondary N) is 1. The van der Waals surface area contributed by atoms with Gasteiger partial charge in [-0.3, -0.25) is 4.79 Å². The molecule has 1 atom stereocenters. The fourth-order valence-electron chi connectivity index (χ4n) is 0.791. The average molecular weight is 199 g/mol. The number of thiazole rings is 1. The number of anilines is 1. The Bertz CT molecular complexity index is 302. The standard InChI is InChI=1S/C8H13N3OS/c1-4-6(3)13-8(10-4)11-5(2)7(9)12/h5H,1-3H3,(H2,9,12)(H,10,11). The van der Waals surface area contributed by atoms with Crippen LogP contribution in [0.1, 0.15) is 17.5 Å². The predicted molar refractivity (Wildman–Crippen MR) is 53.9 cm³/mol. The van der Waals surface area contributed by atoms with Crippen molar-refractivity contribution in [2.45, 2.75) is 26.8 Å². The number of aromatic nitrogens is 1. The summed E-state index contributed by atoms with van der Waals surface area (Å²) in [5.74, 6) is -0.370. The van der Waals surface area contributed by atoms with Gasteiger partial charge in [0.2, 0.25) is 5.91 Å². The lowest BCUT2D eigenvalue weighted by molar-refractivity contribution is -0.118. The van der Waals surface area contributed by atoms with Crippen LogP contribution in [0.2, 0.25) is 0 Å². The van der Waals surface area contributed by atoms with Crippen LogP contribution in [0.15, 0.2) is 0 Å². The number of carbonyl (C=O) groups is 1. The molecule has 1 aromatic rings. The van der Waals surface area contributed by atoms with Gasteiger partial charge in [0.05, 0.1) is 5.69 Å². The molecule has 0 aromatic carbocycles. The fraction of sp³-hybridized carbons (Fsp3) is 0.500. The summed E-state index contributed by atoms with van der Waals surface area (Å²) < 4.78 is 0. The fourth-order valence-corrected chi connectivity index (χ4v) is 1.69. The van der Waals surface area contributed by atoms with E-state index < -0.39 is 0 Å². The lowest BCUT2D eigenvalue weighted by atomic mass is 10.3. The Morgan fingerprint density at radius 1 is 1.62 bits per heavy atom. The summed E-state index contributed by atoms with van der Waals surface area (Å²) in [5, 5.41) is 3.69. The number of rotatable bonds is 3. The van der Waals surface area contributed by atoms with Gasteiger partial charge in [-0.25, -0.2) is 4.98 Å². The number of amides is 1. The minimum Gasteiger partial charge on any atom is -0.368 e. The zero-order valence-electron chi connectivity index (χ0n) is 7.92. The first-order chi connectivity index (χ1) is 6.00. The molecule has 0 bridgehead atoms. The highest BCUT2D eigenvalue weighted by Gasteiger charge is 2.10. The summed E-state index contributed by atoms with van der Waals surface area (Å²) in [7, 11) is 0. The third-order valence-electron chi connectivity index (χ3n) is 1.80. The van der Waals surface area contributed by atoms with Crippen molar-refractivity contribution in [1.82, 2.24) is 4.98 Å². The molecule has 13 heavy (non-hydrogen) atoms. The molecular weight excluding hydrogens is 186 g/mol. The number of hydrogen-bond acceptors (Lipinski definition) is 4. The van der Waals surface area contributed by atoms with Crippen molar-refractivity contribution in [3.05, 3.63) is 10.6 Å². The van der Waals surface area contributed by atoms with E-state index in [0.29, 0.717) is 0 Å². The molecule has 1 heterocycles. The summed E-state index contributed by atoms with van der Waals surface area (Å²) in [4.78, 5) is 16.1. The van der Waals surface area contributed by atoms with E-state index in [-0.39, 0.29) is 11.9 Å². The third-order valence-corrected chi connectivity index (χ3v) is 2.80. The maximum Gasteiger partial charge on any atom is 0.239 e. The van der Waals surface area contributed by atoms with Crippen LogP contribution in [0.3, 0.4) is 0 Å². The Balaban J connectivity index is 2.69. The van der Waals surface area contributed by atoms with E-state index in [0.717, 1.165) is 15.7 Å². The summed E-state index contributed by atoms with van der Waals surface area (Å²) in [6, 6.07) is -0.370. The van der Waals surface area contributed by atoms with Crippen LogP contribution in [0.25, 0.3) is 0 Å². The predicted octanol–water partition coefficient (Wildman–Crippen LogP) is 1.05. The quantitative estimate of drug-likeness (QED) is 0.764. The van der Waals surface area contributed by atoms with Crippen molar-refractivity contribution in [3.8, 4) is 0 Å². The van der Waals surface area contributed by atoms with Crippen molar-refractivity contribution in [1.29, 1.82) is 0 Å². The molecule has 72 valence electrons. The van der Waals surface area contributed by atoms with Gasteiger partial charge < -0.3 is 11.1 Å². The van der Waals surface area contributed by atoms with Gasteiger partial charge in [0.1, 0.15) is 6.04 Å². The average Bonchev–Trinajstić information content (AvgIpc) is 2.31. The van der Waals surface area contributed by atoms with Gasteiger partial charge in [0, 0.05) is 4.88 Å². The van der Waals surface area contributed by atoms with Gasteiger partial charge >= 0.3 is 0 Å². The van der Waals surface area contributed by atoms with E-state index in [1.807, 2.05) is 13.8 Å². The first-order valence-electron chi connectivity index (χ1n) is 4.00. The summed E-state index contributed by atoms with van der Waals surface area (Å²) >= 11 is 1.53. The molecule has 0 spiro atoms. The molecule has 0 fully saturated rings. The summed E-state index contributed by atoms with van der Waals surface area (Å²) in [6.45, 7) is 5.65. The van der Waals surface area contributed by atoms with Gasteiger partial charge in [-0.05, 0) is 20.8 Å². The number of nitrogens with zero attached hydrogens (tertiary/aromatic N) is 1. The normalized spacial score (nSPS) is 12.5. The van der Waals surface area contributed by atoms with Crippen molar-refractivity contribution < 1.29 is 4.79 Å². The van der Waals surface area contributed by atoms with Crippen LogP contribution < -0.4 is 11.1 Å². The molecule has 1 unspecified atom stereocenters. The highest BCUT2D eigenvalue weighted by Crippen LogP contribution is 2.21. The van der Waals surface area contributed by atoms with Gasteiger partial charge in [-0.1, -0.05) is 0 Å². The molecule has 0 aliphatic rings. The second-order valence-electron chi connectivity index (χ2n) is 2.93. The van der Waals surface area contributed by atoms with Crippen LogP contribution in [-0.2, 0) is 4.79 Å². The molecule has 3 N–H and O–H groups in total. The molecule has 0 saturated carbocycles. The summed E-state index contributed by atoms with van der Waals surface area (Å²) in [6.07, 6.45) is 0. The molecule has 0 aliphatic heterocycles. The number of hydrogen-bond donors (Lipinski definition) is 2. The van der Waals surface area contributed by atoms with Crippen LogP contribution in [0, 0.1) is 13.8 Å². The second-order valence-corrected chi connectivity index (χ2v) is 4.13. The zero-order chi connectivity index (χ0) is 10.0. The first kappa shape index (κ1) is 9.98. The van der Waals surface area contributed by atoms with E-state index >= 15 is 0 Å². The van der Waals surface area contributed by atoms with Crippen LogP contribution in [0.5, 0.6) is 0 Å². The molecule has 0 saturated heterocycles. The number of primary amides is 1. The van der Waals surface area contributed by atoms with Crippen molar-refractivity contribution >= 4 is 22.4 Å². The minimum atomic E-state index is -0.370. The molecule has 1 amide bonds. The van der Waals surface area contributed by atoms with Crippen molar-refractivity contribution in [2.75, 3.05) is 5.32 Å². The molecule has 5 heteroatoms. The van der Waals surface area contributed by atoms with Crippen LogP contribution >= 0.6 is 11.3 Å². The minimum absolute atomic E-state index is 0.370. The topological polar surface area (TPSA) is 68.0 Å². The maximum absolute atomic E-state index is 10.7. The van der Waals surface area contributed by atoms with Crippen LogP contribution in [0.4, 0.5) is 5.13 Å². The number of aryl methyl sites for hydroxylation is 2. The zero-order valence-corrected chi connectivity index (χ0v) is 8.73. The molecule has 1 aromatic heterocycles. The number of carbonyl (C=O) groups excluding carboxylic acids is 1. The third kappa shape index (κ3) is 2.42. The molecule has 1 rings (SSSR count). The molecular formula is C8H13N3OS. The first-order valence-corrected chi connectivity index (χ1v) is 4.82. The Labute approximate surface area is 81.2 Å². The van der Waals surface area contributed by atoms with Gasteiger partial charge in [-0.2, -0.15) is 0 Å². The Morgan fingerprint density at radius 3 is 2.62 bits per heavy atom. The van der Waals surface area contributed by atoms with E-state index in [1.165, 1.54) is 11.3 Å². The molecule has 0 radical (unpaired) electrons. The van der Waals surface area contributed by atoms with E-state index in [4.69, 9.17) is 5.73 Å². The Hall–Kier alpha value is -1.10. The van der Waals surface area contributed by atoms with Gasteiger partial charge in [0.15, 0.2) is 5.13 Å². The van der Waals surface area contributed by atoms with Crippen molar-refractivity contribution in [3.63, 3.8) is 0 Å². The van der Waals surface area contributed by atoms with Crippen LogP contribution in [-0.4, -0.2) is 16.9 Å². The van der Waals surface area contributed by atoms with Gasteiger partial charge in [0.25, 0.3) is 0 Å². The van der Waals surface area contributed by atoms with E-state index in [2.05, 4.69) is 10.3 Å². The smallest absolute Gasteiger partial charge is 0.239 e. The van der Waals surface area contributed by atoms with Gasteiger partial charge in [-0.15, -0.1) is 11.3 Å². The lowest BCUT2D eigenvalue weighted by Gasteiger charge is -2.07. The number of nitrogens with two attached hydrogens (primary N) is 1. The maximum atomic E-state index is 10.7. The summed E-state index contributed by atoms with van der Waals surface area (Å²) in [5.41, 5.74) is 6.09. The lowest BCUT2D eigenvalue weighted by Crippen LogP contribution is -2.32. The SMILES string of the molecule is Cc1nc(NC(C)C(N)=O)sc1C. The highest BCUT2D eigenvalue weighted by molar-refractivity contribution is 7.15. The van der Waals surface area contributed by atoms with Crippen molar-refractivity contribution in [2.24, 2.45) is 5.73 Å². The van der Waals surface area contributed by atoms with E-state index in [9.17, 15) is 4.79 Å². The Morgan fingerprint density at radius 2 is 2.23 bits per heavy atom. The molecule has 4 nitrogen and oxygen atoms in total. The largest absolute Gasteiger partial charge is 0.368 e. The monoisotopic (exact) mass is 199 g/mol. The van der Waals surface area contributed by atoms with E-state index in [1.54, 1.807) is 6.92 Å². The molecule has 0 aliphatic carbocycles. The second kappa shape index (κ2) is 3.74. The highest BCUT2D eigenvalue weighted by atomic mass is 32.1. The Kier molecular flexibility index (Phi) is 2.87.